The highest BCUT2D eigenvalue weighted by atomic mass is 15.0. The van der Waals surface area contributed by atoms with Crippen LogP contribution >= 0.6 is 0 Å². The van der Waals surface area contributed by atoms with Crippen molar-refractivity contribution in [2.45, 2.75) is 33.0 Å². The van der Waals surface area contributed by atoms with E-state index in [0.29, 0.717) is 6.04 Å². The zero-order chi connectivity index (χ0) is 14.7. The van der Waals surface area contributed by atoms with Crippen molar-refractivity contribution in [1.29, 1.82) is 0 Å². The molecule has 0 radical (unpaired) electrons. The number of hydrogen-bond donors (Lipinski definition) is 1. The maximum Gasteiger partial charge on any atom is 0.0486 e. The molecule has 0 atom stereocenters. The van der Waals surface area contributed by atoms with Gasteiger partial charge in [0.1, 0.15) is 0 Å². The molecule has 0 spiro atoms. The van der Waals surface area contributed by atoms with Crippen molar-refractivity contribution >= 4 is 10.9 Å². The van der Waals surface area contributed by atoms with E-state index in [1.54, 1.807) is 0 Å². The first kappa shape index (κ1) is 13.9. The Morgan fingerprint density at radius 1 is 0.952 bits per heavy atom. The van der Waals surface area contributed by atoms with Crippen LogP contribution in [0, 0.1) is 0 Å². The number of aromatic nitrogens is 1. The smallest absolute Gasteiger partial charge is 0.0486 e. The van der Waals surface area contributed by atoms with Crippen LogP contribution in [0.15, 0.2) is 60.8 Å². The molecule has 108 valence electrons. The second-order valence-corrected chi connectivity index (χ2v) is 5.81. The van der Waals surface area contributed by atoms with E-state index in [9.17, 15) is 0 Å². The molecule has 0 unspecified atom stereocenters. The van der Waals surface area contributed by atoms with Gasteiger partial charge in [-0.05, 0) is 23.3 Å². The Bertz CT molecular complexity index is 711. The molecular weight excluding hydrogens is 256 g/mol. The van der Waals surface area contributed by atoms with Crippen molar-refractivity contribution in [1.82, 2.24) is 9.88 Å². The molecule has 0 aliphatic heterocycles. The Morgan fingerprint density at radius 3 is 2.52 bits per heavy atom. The normalized spacial score (nSPS) is 11.4. The summed E-state index contributed by atoms with van der Waals surface area (Å²) in [4.78, 5) is 0. The van der Waals surface area contributed by atoms with Gasteiger partial charge in [-0.3, -0.25) is 0 Å². The van der Waals surface area contributed by atoms with Gasteiger partial charge in [0.2, 0.25) is 0 Å². The van der Waals surface area contributed by atoms with Crippen LogP contribution in [-0.4, -0.2) is 10.6 Å². The molecule has 3 aromatic rings. The molecule has 0 saturated heterocycles. The van der Waals surface area contributed by atoms with Gasteiger partial charge in [0.25, 0.3) is 0 Å². The Kier molecular flexibility index (Phi) is 4.07. The van der Waals surface area contributed by atoms with Crippen LogP contribution in [0.5, 0.6) is 0 Å². The second-order valence-electron chi connectivity index (χ2n) is 5.81. The van der Waals surface area contributed by atoms with Crippen molar-refractivity contribution in [2.75, 3.05) is 0 Å². The summed E-state index contributed by atoms with van der Waals surface area (Å²) in [5, 5.41) is 4.85. The summed E-state index contributed by atoms with van der Waals surface area (Å²) in [6, 6.07) is 19.9. The van der Waals surface area contributed by atoms with Crippen LogP contribution in [0.4, 0.5) is 0 Å². The summed E-state index contributed by atoms with van der Waals surface area (Å²) in [6.07, 6.45) is 2.19. The summed E-state index contributed by atoms with van der Waals surface area (Å²) in [5.41, 5.74) is 4.01. The molecule has 21 heavy (non-hydrogen) atoms. The molecule has 1 N–H and O–H groups in total. The van der Waals surface area contributed by atoms with Crippen molar-refractivity contribution in [3.63, 3.8) is 0 Å². The molecule has 2 heteroatoms. The first-order valence-corrected chi connectivity index (χ1v) is 7.58. The van der Waals surface area contributed by atoms with E-state index in [2.05, 4.69) is 84.5 Å². The van der Waals surface area contributed by atoms with E-state index in [1.165, 1.54) is 22.0 Å². The second kappa shape index (κ2) is 6.15. The van der Waals surface area contributed by atoms with Crippen molar-refractivity contribution < 1.29 is 0 Å². The Hall–Kier alpha value is -2.06. The lowest BCUT2D eigenvalue weighted by Gasteiger charge is -2.10. The summed E-state index contributed by atoms with van der Waals surface area (Å²) >= 11 is 0. The van der Waals surface area contributed by atoms with Gasteiger partial charge in [0.05, 0.1) is 0 Å². The minimum atomic E-state index is 0.506. The molecular formula is C19H22N2. The Morgan fingerprint density at radius 2 is 1.76 bits per heavy atom. The zero-order valence-corrected chi connectivity index (χ0v) is 12.7. The first-order chi connectivity index (χ1) is 10.2. The van der Waals surface area contributed by atoms with Gasteiger partial charge in [-0.15, -0.1) is 0 Å². The zero-order valence-electron chi connectivity index (χ0n) is 12.7. The molecule has 0 amide bonds. The van der Waals surface area contributed by atoms with Crippen molar-refractivity contribution in [2.24, 2.45) is 0 Å². The maximum atomic E-state index is 3.50. The lowest BCUT2D eigenvalue weighted by molar-refractivity contribution is 0.590. The summed E-state index contributed by atoms with van der Waals surface area (Å²) in [6.45, 7) is 6.21. The minimum Gasteiger partial charge on any atom is -0.343 e. The summed E-state index contributed by atoms with van der Waals surface area (Å²) in [5.74, 6) is 0. The van der Waals surface area contributed by atoms with Crippen LogP contribution in [-0.2, 0) is 13.1 Å². The van der Waals surface area contributed by atoms with E-state index in [0.717, 1.165) is 13.1 Å². The van der Waals surface area contributed by atoms with Crippen LogP contribution < -0.4 is 5.32 Å². The van der Waals surface area contributed by atoms with E-state index in [4.69, 9.17) is 0 Å². The molecule has 0 bridgehead atoms. The van der Waals surface area contributed by atoms with Gasteiger partial charge in [-0.2, -0.15) is 0 Å². The highest BCUT2D eigenvalue weighted by Gasteiger charge is 2.06. The molecule has 0 saturated carbocycles. The largest absolute Gasteiger partial charge is 0.343 e. The molecule has 0 fully saturated rings. The first-order valence-electron chi connectivity index (χ1n) is 7.58. The minimum absolute atomic E-state index is 0.506. The SMILES string of the molecule is CC(C)NCc1cccc2c1ccn2Cc1ccccc1. The fourth-order valence-electron chi connectivity index (χ4n) is 2.67. The van der Waals surface area contributed by atoms with Gasteiger partial charge >= 0.3 is 0 Å². The Balaban J connectivity index is 1.90. The number of fused-ring (bicyclic) bond motifs is 1. The predicted octanol–water partition coefficient (Wildman–Crippen LogP) is 4.19. The van der Waals surface area contributed by atoms with Gasteiger partial charge in [0.15, 0.2) is 0 Å². The number of nitrogens with one attached hydrogen (secondary N) is 1. The third kappa shape index (κ3) is 3.17. The quantitative estimate of drug-likeness (QED) is 0.740. The lowest BCUT2D eigenvalue weighted by Crippen LogP contribution is -2.21. The van der Waals surface area contributed by atoms with E-state index >= 15 is 0 Å². The fourth-order valence-corrected chi connectivity index (χ4v) is 2.67. The third-order valence-corrected chi connectivity index (χ3v) is 3.80. The van der Waals surface area contributed by atoms with Gasteiger partial charge in [0, 0.05) is 36.2 Å². The fraction of sp³-hybridized carbons (Fsp3) is 0.263. The lowest BCUT2D eigenvalue weighted by atomic mass is 10.1. The molecule has 0 aliphatic rings. The average Bonchev–Trinajstić information content (AvgIpc) is 2.90. The molecule has 0 aliphatic carbocycles. The topological polar surface area (TPSA) is 17.0 Å². The van der Waals surface area contributed by atoms with Crippen LogP contribution in [0.3, 0.4) is 0 Å². The highest BCUT2D eigenvalue weighted by molar-refractivity contribution is 5.83. The van der Waals surface area contributed by atoms with Crippen LogP contribution in [0.25, 0.3) is 10.9 Å². The van der Waals surface area contributed by atoms with E-state index < -0.39 is 0 Å². The molecule has 2 nitrogen and oxygen atoms in total. The van der Waals surface area contributed by atoms with Crippen LogP contribution in [0.1, 0.15) is 25.0 Å². The number of benzene rings is 2. The number of nitrogens with zero attached hydrogens (tertiary/aromatic N) is 1. The predicted molar refractivity (Wildman–Crippen MR) is 89.5 cm³/mol. The number of rotatable bonds is 5. The van der Waals surface area contributed by atoms with Crippen molar-refractivity contribution in [3.05, 3.63) is 71.9 Å². The summed E-state index contributed by atoms with van der Waals surface area (Å²) < 4.78 is 2.32. The number of hydrogen-bond acceptors (Lipinski definition) is 1. The van der Waals surface area contributed by atoms with Crippen molar-refractivity contribution in [3.8, 4) is 0 Å². The highest BCUT2D eigenvalue weighted by Crippen LogP contribution is 2.21. The molecule has 3 rings (SSSR count). The maximum absolute atomic E-state index is 3.50. The summed E-state index contributed by atoms with van der Waals surface area (Å²) in [7, 11) is 0. The van der Waals surface area contributed by atoms with E-state index in [1.807, 2.05) is 0 Å². The van der Waals surface area contributed by atoms with Gasteiger partial charge in [-0.1, -0.05) is 56.3 Å². The van der Waals surface area contributed by atoms with Crippen LogP contribution in [0.2, 0.25) is 0 Å². The Labute approximate surface area is 126 Å². The standard InChI is InChI=1S/C19H22N2/c1-15(2)20-13-17-9-6-10-19-18(17)11-12-21(19)14-16-7-4-3-5-8-16/h3-12,15,20H,13-14H2,1-2H3. The monoisotopic (exact) mass is 278 g/mol. The van der Waals surface area contributed by atoms with Gasteiger partial charge in [-0.25, -0.2) is 0 Å². The third-order valence-electron chi connectivity index (χ3n) is 3.80. The van der Waals surface area contributed by atoms with E-state index in [-0.39, 0.29) is 0 Å². The molecule has 1 heterocycles. The molecule has 2 aromatic carbocycles. The molecule has 1 aromatic heterocycles. The average molecular weight is 278 g/mol. The van der Waals surface area contributed by atoms with Gasteiger partial charge < -0.3 is 9.88 Å².